The first-order valence-electron chi connectivity index (χ1n) is 5.55. The van der Waals surface area contributed by atoms with E-state index in [9.17, 15) is 4.79 Å². The molecular formula is C13H8Cl3NOS. The highest BCUT2D eigenvalue weighted by molar-refractivity contribution is 7.11. The highest BCUT2D eigenvalue weighted by Gasteiger charge is 2.24. The second-order valence-corrected chi connectivity index (χ2v) is 6.45. The van der Waals surface area contributed by atoms with Crippen LogP contribution >= 0.6 is 46.1 Å². The maximum atomic E-state index is 11.4. The van der Waals surface area contributed by atoms with E-state index < -0.39 is 5.38 Å². The average Bonchev–Trinajstić information content (AvgIpc) is 2.92. The van der Waals surface area contributed by atoms with Crippen molar-refractivity contribution in [2.75, 3.05) is 5.32 Å². The Hall–Kier alpha value is -0.740. The Bertz CT molecular complexity index is 668. The normalized spacial score (nSPS) is 15.2. The molecule has 0 fully saturated rings. The molecule has 1 aliphatic heterocycles. The maximum absolute atomic E-state index is 11.4. The van der Waals surface area contributed by atoms with Gasteiger partial charge in [-0.1, -0.05) is 23.2 Å². The minimum Gasteiger partial charge on any atom is -0.325 e. The Kier molecular flexibility index (Phi) is 3.48. The number of rotatable bonds is 2. The molecule has 0 bridgehead atoms. The molecule has 2 heterocycles. The number of thiophene rings is 1. The zero-order valence-electron chi connectivity index (χ0n) is 9.54. The molecule has 1 aromatic heterocycles. The summed E-state index contributed by atoms with van der Waals surface area (Å²) in [6.07, 6.45) is 0.362. The standard InChI is InChI=1S/C13H8Cl3NOS/c14-8-1-2-19-13(8)12(16)7-3-6-4-11(18)17-10(6)5-9(7)15/h1-3,5,12H,4H2,(H,17,18). The molecule has 1 amide bonds. The molecule has 6 heteroatoms. The third kappa shape index (κ3) is 2.36. The van der Waals surface area contributed by atoms with Crippen LogP contribution in [0.2, 0.25) is 10.0 Å². The highest BCUT2D eigenvalue weighted by Crippen LogP contribution is 2.42. The van der Waals surface area contributed by atoms with E-state index in [1.807, 2.05) is 17.5 Å². The molecule has 0 radical (unpaired) electrons. The lowest BCUT2D eigenvalue weighted by atomic mass is 10.0. The summed E-state index contributed by atoms with van der Waals surface area (Å²) in [6.45, 7) is 0. The van der Waals surface area contributed by atoms with Crippen LogP contribution in [-0.4, -0.2) is 5.91 Å². The minimum absolute atomic E-state index is 0.0245. The highest BCUT2D eigenvalue weighted by atomic mass is 35.5. The molecule has 2 nitrogen and oxygen atoms in total. The van der Waals surface area contributed by atoms with Crippen molar-refractivity contribution < 1.29 is 4.79 Å². The maximum Gasteiger partial charge on any atom is 0.228 e. The number of alkyl halides is 1. The average molecular weight is 333 g/mol. The molecule has 19 heavy (non-hydrogen) atoms. The van der Waals surface area contributed by atoms with Gasteiger partial charge in [0.1, 0.15) is 0 Å². The SMILES string of the molecule is O=C1Cc2cc(C(Cl)c3sccc3Cl)c(Cl)cc2N1. The van der Waals surface area contributed by atoms with Gasteiger partial charge in [0, 0.05) is 15.6 Å². The van der Waals surface area contributed by atoms with E-state index in [-0.39, 0.29) is 5.91 Å². The number of anilines is 1. The molecule has 1 aromatic carbocycles. The number of fused-ring (bicyclic) bond motifs is 1. The quantitative estimate of drug-likeness (QED) is 0.780. The molecule has 1 aliphatic rings. The second-order valence-electron chi connectivity index (χ2n) is 4.25. The number of benzene rings is 1. The van der Waals surface area contributed by atoms with E-state index in [0.29, 0.717) is 16.5 Å². The minimum atomic E-state index is -0.402. The summed E-state index contributed by atoms with van der Waals surface area (Å²) in [6, 6.07) is 5.43. The Balaban J connectivity index is 2.05. The first kappa shape index (κ1) is 13.3. The monoisotopic (exact) mass is 331 g/mol. The Morgan fingerprint density at radius 3 is 2.74 bits per heavy atom. The second kappa shape index (κ2) is 4.98. The molecule has 2 aromatic rings. The summed E-state index contributed by atoms with van der Waals surface area (Å²) in [4.78, 5) is 12.2. The van der Waals surface area contributed by atoms with Crippen molar-refractivity contribution in [3.8, 4) is 0 Å². The molecule has 3 rings (SSSR count). The fourth-order valence-electron chi connectivity index (χ4n) is 2.09. The van der Waals surface area contributed by atoms with Gasteiger partial charge < -0.3 is 5.32 Å². The van der Waals surface area contributed by atoms with Crippen LogP contribution < -0.4 is 5.32 Å². The van der Waals surface area contributed by atoms with Gasteiger partial charge in [-0.2, -0.15) is 0 Å². The van der Waals surface area contributed by atoms with Crippen molar-refractivity contribution in [2.24, 2.45) is 0 Å². The molecule has 0 saturated carbocycles. The van der Waals surface area contributed by atoms with Crippen molar-refractivity contribution in [2.45, 2.75) is 11.8 Å². The lowest BCUT2D eigenvalue weighted by molar-refractivity contribution is -0.115. The topological polar surface area (TPSA) is 29.1 Å². The zero-order chi connectivity index (χ0) is 13.6. The van der Waals surface area contributed by atoms with Crippen LogP contribution in [0.15, 0.2) is 23.6 Å². The van der Waals surface area contributed by atoms with Gasteiger partial charge in [0.2, 0.25) is 5.91 Å². The summed E-state index contributed by atoms with van der Waals surface area (Å²) in [5, 5.41) is 5.41. The van der Waals surface area contributed by atoms with Crippen LogP contribution in [0.25, 0.3) is 0 Å². The van der Waals surface area contributed by atoms with Crippen LogP contribution in [0.5, 0.6) is 0 Å². The number of nitrogens with one attached hydrogen (secondary N) is 1. The molecule has 1 unspecified atom stereocenters. The number of hydrogen-bond donors (Lipinski definition) is 1. The van der Waals surface area contributed by atoms with Gasteiger partial charge in [-0.05, 0) is 34.7 Å². The molecule has 1 atom stereocenters. The van der Waals surface area contributed by atoms with Gasteiger partial charge in [0.15, 0.2) is 0 Å². The fourth-order valence-corrected chi connectivity index (χ4v) is 4.08. The predicted molar refractivity (Wildman–Crippen MR) is 80.8 cm³/mol. The Morgan fingerprint density at radius 1 is 1.26 bits per heavy atom. The van der Waals surface area contributed by atoms with Crippen molar-refractivity contribution in [1.82, 2.24) is 0 Å². The molecule has 1 N–H and O–H groups in total. The predicted octanol–water partition coefficient (Wildman–Crippen LogP) is 4.88. The van der Waals surface area contributed by atoms with E-state index in [1.54, 1.807) is 6.07 Å². The van der Waals surface area contributed by atoms with Gasteiger partial charge in [-0.3, -0.25) is 4.79 Å². The molecule has 0 saturated heterocycles. The largest absolute Gasteiger partial charge is 0.325 e. The van der Waals surface area contributed by atoms with Gasteiger partial charge in [-0.15, -0.1) is 22.9 Å². The van der Waals surface area contributed by atoms with Crippen molar-refractivity contribution in [3.63, 3.8) is 0 Å². The number of amides is 1. The van der Waals surface area contributed by atoms with Crippen LogP contribution in [0.4, 0.5) is 5.69 Å². The molecule has 98 valence electrons. The lowest BCUT2D eigenvalue weighted by Crippen LogP contribution is -2.03. The van der Waals surface area contributed by atoms with Crippen molar-refractivity contribution >= 4 is 57.7 Å². The molecule has 0 spiro atoms. The van der Waals surface area contributed by atoms with Crippen molar-refractivity contribution in [1.29, 1.82) is 0 Å². The summed E-state index contributed by atoms with van der Waals surface area (Å²) in [5.41, 5.74) is 2.46. The molecule has 0 aliphatic carbocycles. The first-order valence-corrected chi connectivity index (χ1v) is 7.62. The number of hydrogen-bond acceptors (Lipinski definition) is 2. The van der Waals surface area contributed by atoms with Gasteiger partial charge in [-0.25, -0.2) is 0 Å². The van der Waals surface area contributed by atoms with Gasteiger partial charge in [0.05, 0.1) is 16.8 Å². The smallest absolute Gasteiger partial charge is 0.228 e. The number of halogens is 3. The van der Waals surface area contributed by atoms with Gasteiger partial charge >= 0.3 is 0 Å². The third-order valence-corrected chi connectivity index (χ3v) is 5.33. The van der Waals surface area contributed by atoms with Crippen LogP contribution in [0, 0.1) is 0 Å². The van der Waals surface area contributed by atoms with E-state index in [4.69, 9.17) is 34.8 Å². The van der Waals surface area contributed by atoms with Crippen molar-refractivity contribution in [3.05, 3.63) is 49.6 Å². The summed E-state index contributed by atoms with van der Waals surface area (Å²) >= 11 is 20.3. The Labute approximate surface area is 129 Å². The summed E-state index contributed by atoms with van der Waals surface area (Å²) in [7, 11) is 0. The summed E-state index contributed by atoms with van der Waals surface area (Å²) < 4.78 is 0. The third-order valence-electron chi connectivity index (χ3n) is 3.00. The Morgan fingerprint density at radius 2 is 2.05 bits per heavy atom. The number of carbonyl (C=O) groups is 1. The van der Waals surface area contributed by atoms with Crippen LogP contribution in [0.1, 0.15) is 21.4 Å². The van der Waals surface area contributed by atoms with E-state index in [1.165, 1.54) is 11.3 Å². The fraction of sp³-hybridized carbons (Fsp3) is 0.154. The van der Waals surface area contributed by atoms with E-state index in [2.05, 4.69) is 5.32 Å². The van der Waals surface area contributed by atoms with Gasteiger partial charge in [0.25, 0.3) is 0 Å². The van der Waals surface area contributed by atoms with Crippen LogP contribution in [-0.2, 0) is 11.2 Å². The summed E-state index contributed by atoms with van der Waals surface area (Å²) in [5.74, 6) is -0.0245. The van der Waals surface area contributed by atoms with E-state index >= 15 is 0 Å². The van der Waals surface area contributed by atoms with Crippen LogP contribution in [0.3, 0.4) is 0 Å². The van der Waals surface area contributed by atoms with E-state index in [0.717, 1.165) is 21.7 Å². The zero-order valence-corrected chi connectivity index (χ0v) is 12.6. The lowest BCUT2D eigenvalue weighted by Gasteiger charge is -2.12. The first-order chi connectivity index (χ1) is 9.06. The number of carbonyl (C=O) groups excluding carboxylic acids is 1. The molecular weight excluding hydrogens is 325 g/mol.